The van der Waals surface area contributed by atoms with Crippen LogP contribution in [-0.2, 0) is 0 Å². The van der Waals surface area contributed by atoms with E-state index in [1.165, 1.54) is 11.3 Å². The van der Waals surface area contributed by atoms with E-state index in [-0.39, 0.29) is 11.5 Å². The molecule has 6 heteroatoms. The van der Waals surface area contributed by atoms with Gasteiger partial charge in [-0.05, 0) is 25.1 Å². The predicted octanol–water partition coefficient (Wildman–Crippen LogP) is 3.49. The zero-order valence-corrected chi connectivity index (χ0v) is 12.0. The number of fused-ring (bicyclic) bond motifs is 1. The third kappa shape index (κ3) is 2.53. The van der Waals surface area contributed by atoms with Gasteiger partial charge in [-0.3, -0.25) is 4.79 Å². The number of carboxylic acid groups (broad SMARTS) is 1. The Bertz CT molecular complexity index is 815. The van der Waals surface area contributed by atoms with Crippen LogP contribution in [0.4, 0.5) is 5.00 Å². The molecule has 0 saturated carbocycles. The summed E-state index contributed by atoms with van der Waals surface area (Å²) in [6.07, 6.45) is 0. The molecule has 0 radical (unpaired) electrons. The maximum atomic E-state index is 12.2. The van der Waals surface area contributed by atoms with E-state index >= 15 is 0 Å². The standard InChI is InChI=1S/C15H12N2O3S/c1-8-6-10(15(19)20)14(21-8)17-13(18)12-7-9-4-2-3-5-11(9)16-12/h2-7,16H,1H3,(H,17,18)(H,19,20). The summed E-state index contributed by atoms with van der Waals surface area (Å²) in [5.74, 6) is -1.40. The Morgan fingerprint density at radius 2 is 2.00 bits per heavy atom. The highest BCUT2D eigenvalue weighted by atomic mass is 32.1. The molecule has 0 fully saturated rings. The van der Waals surface area contributed by atoms with Crippen molar-refractivity contribution in [2.75, 3.05) is 5.32 Å². The number of benzene rings is 1. The number of carbonyl (C=O) groups is 2. The van der Waals surface area contributed by atoms with Gasteiger partial charge in [0.25, 0.3) is 5.91 Å². The highest BCUT2D eigenvalue weighted by Gasteiger charge is 2.17. The van der Waals surface area contributed by atoms with E-state index in [2.05, 4.69) is 10.3 Å². The van der Waals surface area contributed by atoms with E-state index in [9.17, 15) is 9.59 Å². The van der Waals surface area contributed by atoms with Crippen molar-refractivity contribution in [1.29, 1.82) is 0 Å². The van der Waals surface area contributed by atoms with Gasteiger partial charge in [-0.2, -0.15) is 0 Å². The third-order valence-electron chi connectivity index (χ3n) is 3.09. The number of aromatic nitrogens is 1. The molecule has 0 bridgehead atoms. The minimum atomic E-state index is -1.05. The normalized spacial score (nSPS) is 10.7. The van der Waals surface area contributed by atoms with Crippen LogP contribution in [0.2, 0.25) is 0 Å². The zero-order chi connectivity index (χ0) is 15.0. The van der Waals surface area contributed by atoms with Gasteiger partial charge >= 0.3 is 5.97 Å². The van der Waals surface area contributed by atoms with Crippen LogP contribution in [0, 0.1) is 6.92 Å². The van der Waals surface area contributed by atoms with Crippen molar-refractivity contribution in [1.82, 2.24) is 4.98 Å². The van der Waals surface area contributed by atoms with Crippen molar-refractivity contribution in [3.63, 3.8) is 0 Å². The van der Waals surface area contributed by atoms with Gasteiger partial charge in [0.1, 0.15) is 10.7 Å². The van der Waals surface area contributed by atoms with E-state index in [4.69, 9.17) is 5.11 Å². The second-order valence-electron chi connectivity index (χ2n) is 4.63. The molecular formula is C15H12N2O3S. The number of hydrogen-bond donors (Lipinski definition) is 3. The summed E-state index contributed by atoms with van der Waals surface area (Å²) in [5.41, 5.74) is 1.38. The second-order valence-corrected chi connectivity index (χ2v) is 5.89. The minimum absolute atomic E-state index is 0.113. The predicted molar refractivity (Wildman–Crippen MR) is 82.3 cm³/mol. The number of hydrogen-bond acceptors (Lipinski definition) is 3. The van der Waals surface area contributed by atoms with Gasteiger partial charge in [-0.15, -0.1) is 11.3 Å². The van der Waals surface area contributed by atoms with E-state index in [0.717, 1.165) is 15.8 Å². The SMILES string of the molecule is Cc1cc(C(=O)O)c(NC(=O)c2cc3ccccc3[nH]2)s1. The molecule has 1 amide bonds. The number of anilines is 1. The largest absolute Gasteiger partial charge is 0.478 e. The molecule has 2 aromatic heterocycles. The molecule has 0 saturated heterocycles. The summed E-state index contributed by atoms with van der Waals surface area (Å²) in [5, 5.41) is 13.1. The van der Waals surface area contributed by atoms with Crippen molar-refractivity contribution >= 4 is 39.1 Å². The molecule has 3 aromatic rings. The lowest BCUT2D eigenvalue weighted by molar-refractivity contribution is 0.0698. The topological polar surface area (TPSA) is 82.2 Å². The lowest BCUT2D eigenvalue weighted by Crippen LogP contribution is -2.13. The van der Waals surface area contributed by atoms with Crippen molar-refractivity contribution in [2.24, 2.45) is 0 Å². The molecule has 106 valence electrons. The Labute approximate surface area is 124 Å². The molecule has 2 heterocycles. The fourth-order valence-corrected chi connectivity index (χ4v) is 3.03. The Hall–Kier alpha value is -2.60. The van der Waals surface area contributed by atoms with E-state index < -0.39 is 5.97 Å². The Morgan fingerprint density at radius 3 is 2.71 bits per heavy atom. The van der Waals surface area contributed by atoms with Crippen LogP contribution >= 0.6 is 11.3 Å². The third-order valence-corrected chi connectivity index (χ3v) is 4.05. The van der Waals surface area contributed by atoms with Gasteiger partial charge in [0.15, 0.2) is 0 Å². The van der Waals surface area contributed by atoms with Gasteiger partial charge in [0.05, 0.1) is 5.56 Å². The molecule has 0 atom stereocenters. The van der Waals surface area contributed by atoms with Crippen LogP contribution in [0.5, 0.6) is 0 Å². The Morgan fingerprint density at radius 1 is 1.24 bits per heavy atom. The van der Waals surface area contributed by atoms with E-state index in [1.54, 1.807) is 19.1 Å². The van der Waals surface area contributed by atoms with Crippen molar-refractivity contribution in [3.05, 3.63) is 52.5 Å². The molecule has 0 unspecified atom stereocenters. The van der Waals surface area contributed by atoms with E-state index in [1.807, 2.05) is 24.3 Å². The highest BCUT2D eigenvalue weighted by Crippen LogP contribution is 2.28. The number of thiophene rings is 1. The molecule has 0 aliphatic rings. The number of H-pyrrole nitrogens is 1. The molecule has 0 aliphatic heterocycles. The first-order valence-electron chi connectivity index (χ1n) is 6.27. The molecule has 5 nitrogen and oxygen atoms in total. The minimum Gasteiger partial charge on any atom is -0.478 e. The summed E-state index contributed by atoms with van der Waals surface area (Å²) in [6.45, 7) is 1.80. The Kier molecular flexibility index (Phi) is 3.23. The molecule has 3 rings (SSSR count). The number of aromatic amines is 1. The highest BCUT2D eigenvalue weighted by molar-refractivity contribution is 7.16. The van der Waals surface area contributed by atoms with Crippen LogP contribution < -0.4 is 5.32 Å². The number of amides is 1. The lowest BCUT2D eigenvalue weighted by Gasteiger charge is -2.02. The van der Waals surface area contributed by atoms with Crippen LogP contribution in [0.15, 0.2) is 36.4 Å². The zero-order valence-electron chi connectivity index (χ0n) is 11.1. The molecule has 0 aliphatic carbocycles. The number of rotatable bonds is 3. The fourth-order valence-electron chi connectivity index (χ4n) is 2.13. The molecule has 3 N–H and O–H groups in total. The number of nitrogens with one attached hydrogen (secondary N) is 2. The number of para-hydroxylation sites is 1. The first-order valence-corrected chi connectivity index (χ1v) is 7.09. The molecule has 0 spiro atoms. The number of aromatic carboxylic acids is 1. The van der Waals surface area contributed by atoms with Gasteiger partial charge in [-0.25, -0.2) is 4.79 Å². The van der Waals surface area contributed by atoms with E-state index in [0.29, 0.717) is 10.7 Å². The van der Waals surface area contributed by atoms with Gasteiger partial charge in [0.2, 0.25) is 0 Å². The first kappa shape index (κ1) is 13.4. The van der Waals surface area contributed by atoms with Crippen molar-refractivity contribution in [3.8, 4) is 0 Å². The van der Waals surface area contributed by atoms with Crippen LogP contribution in [0.3, 0.4) is 0 Å². The summed E-state index contributed by atoms with van der Waals surface area (Å²) in [7, 11) is 0. The molecular weight excluding hydrogens is 288 g/mol. The van der Waals surface area contributed by atoms with Crippen LogP contribution in [0.1, 0.15) is 25.7 Å². The smallest absolute Gasteiger partial charge is 0.338 e. The second kappa shape index (κ2) is 5.06. The first-order chi connectivity index (χ1) is 10.0. The average molecular weight is 300 g/mol. The van der Waals surface area contributed by atoms with Crippen LogP contribution in [-0.4, -0.2) is 22.0 Å². The summed E-state index contributed by atoms with van der Waals surface area (Å²) in [4.78, 5) is 27.2. The number of aryl methyl sites for hydroxylation is 1. The van der Waals surface area contributed by atoms with Crippen LogP contribution in [0.25, 0.3) is 10.9 Å². The fraction of sp³-hybridized carbons (Fsp3) is 0.0667. The number of carboxylic acids is 1. The molecule has 21 heavy (non-hydrogen) atoms. The average Bonchev–Trinajstić information content (AvgIpc) is 3.02. The molecule has 1 aromatic carbocycles. The van der Waals surface area contributed by atoms with Crippen molar-refractivity contribution in [2.45, 2.75) is 6.92 Å². The maximum Gasteiger partial charge on any atom is 0.338 e. The quantitative estimate of drug-likeness (QED) is 0.692. The van der Waals surface area contributed by atoms with Gasteiger partial charge in [0, 0.05) is 15.8 Å². The lowest BCUT2D eigenvalue weighted by atomic mass is 10.2. The van der Waals surface area contributed by atoms with Crippen molar-refractivity contribution < 1.29 is 14.7 Å². The monoisotopic (exact) mass is 300 g/mol. The van der Waals surface area contributed by atoms with Gasteiger partial charge < -0.3 is 15.4 Å². The summed E-state index contributed by atoms with van der Waals surface area (Å²) < 4.78 is 0. The summed E-state index contributed by atoms with van der Waals surface area (Å²) >= 11 is 1.25. The maximum absolute atomic E-state index is 12.2. The Balaban J connectivity index is 1.91. The van der Waals surface area contributed by atoms with Gasteiger partial charge in [-0.1, -0.05) is 18.2 Å². The summed E-state index contributed by atoms with van der Waals surface area (Å²) in [6, 6.07) is 10.8. The number of carbonyl (C=O) groups excluding carboxylic acids is 1.